The Morgan fingerprint density at radius 1 is 1.35 bits per heavy atom. The maximum atomic E-state index is 3.53. The average Bonchev–Trinajstić information content (AvgIpc) is 2.53. The molecule has 1 fully saturated rings. The highest BCUT2D eigenvalue weighted by atomic mass is 32.2. The van der Waals surface area contributed by atoms with Crippen molar-refractivity contribution >= 4 is 11.8 Å². The minimum atomic E-state index is 0.512. The zero-order chi connectivity index (χ0) is 14.4. The summed E-state index contributed by atoms with van der Waals surface area (Å²) in [5.74, 6) is 0.816. The lowest BCUT2D eigenvalue weighted by Gasteiger charge is -2.33. The monoisotopic (exact) mass is 292 g/mol. The highest BCUT2D eigenvalue weighted by Gasteiger charge is 2.20. The van der Waals surface area contributed by atoms with Crippen molar-refractivity contribution in [1.29, 1.82) is 0 Å². The van der Waals surface area contributed by atoms with Crippen LogP contribution in [0.2, 0.25) is 0 Å². The fourth-order valence-electron chi connectivity index (χ4n) is 3.07. The normalized spacial score (nSPS) is 21.1. The molecule has 1 heterocycles. The molecule has 1 aliphatic rings. The summed E-state index contributed by atoms with van der Waals surface area (Å²) in [5, 5.41) is 3.53. The summed E-state index contributed by atoms with van der Waals surface area (Å²) in [6.45, 7) is 9.36. The fraction of sp³-hybridized carbons (Fsp3) is 0.647. The Hall–Kier alpha value is -0.510. The second-order valence-corrected chi connectivity index (χ2v) is 6.63. The van der Waals surface area contributed by atoms with E-state index in [1.165, 1.54) is 42.9 Å². The van der Waals surface area contributed by atoms with Gasteiger partial charge in [-0.15, -0.1) is 11.8 Å². The predicted molar refractivity (Wildman–Crippen MR) is 89.5 cm³/mol. The quantitative estimate of drug-likeness (QED) is 0.803. The van der Waals surface area contributed by atoms with E-state index in [4.69, 9.17) is 0 Å². The van der Waals surface area contributed by atoms with Crippen LogP contribution in [0, 0.1) is 5.92 Å². The van der Waals surface area contributed by atoms with Gasteiger partial charge >= 0.3 is 0 Å². The SMILES string of the molecule is CCN(CC1CCCNC1)C(C)c1ccc(SC)cc1. The number of hydrogen-bond donors (Lipinski definition) is 1. The van der Waals surface area contributed by atoms with E-state index in [9.17, 15) is 0 Å². The van der Waals surface area contributed by atoms with Crippen LogP contribution in [0.25, 0.3) is 0 Å². The number of nitrogens with zero attached hydrogens (tertiary/aromatic N) is 1. The van der Waals surface area contributed by atoms with Gasteiger partial charge in [0.25, 0.3) is 0 Å². The van der Waals surface area contributed by atoms with E-state index < -0.39 is 0 Å². The molecule has 112 valence electrons. The Balaban J connectivity index is 1.97. The third-order valence-corrected chi connectivity index (χ3v) is 5.19. The van der Waals surface area contributed by atoms with E-state index in [-0.39, 0.29) is 0 Å². The van der Waals surface area contributed by atoms with E-state index in [0.717, 1.165) is 12.5 Å². The molecule has 1 aromatic rings. The van der Waals surface area contributed by atoms with Crippen molar-refractivity contribution in [2.45, 2.75) is 37.6 Å². The largest absolute Gasteiger partial charge is 0.316 e. The molecule has 0 spiro atoms. The van der Waals surface area contributed by atoms with Gasteiger partial charge in [0.15, 0.2) is 0 Å². The Bertz CT molecular complexity index is 384. The molecule has 2 nitrogen and oxygen atoms in total. The Kier molecular flexibility index (Phi) is 6.40. The molecule has 0 saturated carbocycles. The maximum Gasteiger partial charge on any atom is 0.0319 e. The topological polar surface area (TPSA) is 15.3 Å². The molecule has 0 aromatic heterocycles. The van der Waals surface area contributed by atoms with Gasteiger partial charge in [0.05, 0.1) is 0 Å². The standard InChI is InChI=1S/C17H28N2S/c1-4-19(13-15-6-5-11-18-12-15)14(2)16-7-9-17(20-3)10-8-16/h7-10,14-15,18H,4-6,11-13H2,1-3H3. The first-order valence-electron chi connectivity index (χ1n) is 7.83. The number of piperidine rings is 1. The number of rotatable bonds is 6. The van der Waals surface area contributed by atoms with Gasteiger partial charge in [0, 0.05) is 17.5 Å². The van der Waals surface area contributed by atoms with Crippen molar-refractivity contribution in [2.24, 2.45) is 5.92 Å². The Morgan fingerprint density at radius 2 is 2.10 bits per heavy atom. The molecule has 2 rings (SSSR count). The summed E-state index contributed by atoms with van der Waals surface area (Å²) in [7, 11) is 0. The molecular formula is C17H28N2S. The number of thioether (sulfide) groups is 1. The Labute approximate surface area is 128 Å². The third-order valence-electron chi connectivity index (χ3n) is 4.44. The van der Waals surface area contributed by atoms with Gasteiger partial charge in [-0.2, -0.15) is 0 Å². The summed E-state index contributed by atoms with van der Waals surface area (Å²) < 4.78 is 0. The summed E-state index contributed by atoms with van der Waals surface area (Å²) in [5.41, 5.74) is 1.44. The lowest BCUT2D eigenvalue weighted by Crippen LogP contribution is -2.39. The summed E-state index contributed by atoms with van der Waals surface area (Å²) >= 11 is 1.81. The van der Waals surface area contributed by atoms with Gasteiger partial charge in [-0.25, -0.2) is 0 Å². The first kappa shape index (κ1) is 15.9. The summed E-state index contributed by atoms with van der Waals surface area (Å²) in [4.78, 5) is 3.96. The molecule has 3 heteroatoms. The minimum absolute atomic E-state index is 0.512. The summed E-state index contributed by atoms with van der Waals surface area (Å²) in [6, 6.07) is 9.58. The fourth-order valence-corrected chi connectivity index (χ4v) is 3.47. The van der Waals surface area contributed by atoms with Gasteiger partial charge in [-0.1, -0.05) is 19.1 Å². The van der Waals surface area contributed by atoms with Crippen LogP contribution in [0.15, 0.2) is 29.2 Å². The van der Waals surface area contributed by atoms with Crippen molar-refractivity contribution < 1.29 is 0 Å². The zero-order valence-electron chi connectivity index (χ0n) is 13.1. The van der Waals surface area contributed by atoms with Crippen LogP contribution in [-0.4, -0.2) is 37.3 Å². The molecule has 1 saturated heterocycles. The van der Waals surface area contributed by atoms with E-state index >= 15 is 0 Å². The van der Waals surface area contributed by atoms with Gasteiger partial charge in [-0.05, 0) is 69.3 Å². The molecule has 0 radical (unpaired) electrons. The highest BCUT2D eigenvalue weighted by Crippen LogP contribution is 2.25. The van der Waals surface area contributed by atoms with Crippen LogP contribution in [0.3, 0.4) is 0 Å². The number of hydrogen-bond acceptors (Lipinski definition) is 3. The molecule has 20 heavy (non-hydrogen) atoms. The van der Waals surface area contributed by atoms with Crippen molar-refractivity contribution in [3.63, 3.8) is 0 Å². The van der Waals surface area contributed by atoms with Gasteiger partial charge in [0.2, 0.25) is 0 Å². The van der Waals surface area contributed by atoms with E-state index in [1.54, 1.807) is 0 Å². The highest BCUT2D eigenvalue weighted by molar-refractivity contribution is 7.98. The number of nitrogens with one attached hydrogen (secondary N) is 1. The van der Waals surface area contributed by atoms with Crippen molar-refractivity contribution in [1.82, 2.24) is 10.2 Å². The molecule has 0 aliphatic carbocycles. The van der Waals surface area contributed by atoms with Crippen LogP contribution >= 0.6 is 11.8 Å². The minimum Gasteiger partial charge on any atom is -0.316 e. The maximum absolute atomic E-state index is 3.53. The van der Waals surface area contributed by atoms with E-state index in [0.29, 0.717) is 6.04 Å². The number of benzene rings is 1. The van der Waals surface area contributed by atoms with Gasteiger partial charge in [0.1, 0.15) is 0 Å². The molecule has 0 amide bonds. The molecule has 0 bridgehead atoms. The van der Waals surface area contributed by atoms with Gasteiger partial charge in [-0.3, -0.25) is 4.90 Å². The van der Waals surface area contributed by atoms with Gasteiger partial charge < -0.3 is 5.32 Å². The molecule has 1 aromatic carbocycles. The van der Waals surface area contributed by atoms with Crippen LogP contribution in [-0.2, 0) is 0 Å². The van der Waals surface area contributed by atoms with E-state index in [1.807, 2.05) is 11.8 Å². The van der Waals surface area contributed by atoms with Crippen LogP contribution in [0.5, 0.6) is 0 Å². The predicted octanol–water partition coefficient (Wildman–Crippen LogP) is 3.79. The lowest BCUT2D eigenvalue weighted by atomic mass is 9.97. The second-order valence-electron chi connectivity index (χ2n) is 5.75. The molecular weight excluding hydrogens is 264 g/mol. The first-order chi connectivity index (χ1) is 9.74. The average molecular weight is 292 g/mol. The van der Waals surface area contributed by atoms with Crippen molar-refractivity contribution in [2.75, 3.05) is 32.4 Å². The van der Waals surface area contributed by atoms with Crippen LogP contribution in [0.4, 0.5) is 0 Å². The molecule has 2 unspecified atom stereocenters. The smallest absolute Gasteiger partial charge is 0.0319 e. The Morgan fingerprint density at radius 3 is 2.65 bits per heavy atom. The first-order valence-corrected chi connectivity index (χ1v) is 9.05. The summed E-state index contributed by atoms with van der Waals surface area (Å²) in [6.07, 6.45) is 4.84. The lowest BCUT2D eigenvalue weighted by molar-refractivity contribution is 0.171. The molecule has 1 aliphatic heterocycles. The van der Waals surface area contributed by atoms with Crippen molar-refractivity contribution in [3.05, 3.63) is 29.8 Å². The van der Waals surface area contributed by atoms with Crippen LogP contribution < -0.4 is 5.32 Å². The molecule has 1 N–H and O–H groups in total. The molecule has 2 atom stereocenters. The van der Waals surface area contributed by atoms with Crippen LogP contribution in [0.1, 0.15) is 38.3 Å². The van der Waals surface area contributed by atoms with E-state index in [2.05, 4.69) is 54.6 Å². The third kappa shape index (κ3) is 4.24. The van der Waals surface area contributed by atoms with Crippen molar-refractivity contribution in [3.8, 4) is 0 Å². The second kappa shape index (κ2) is 8.06. The zero-order valence-corrected chi connectivity index (χ0v) is 13.9.